The molecule has 2 bridgehead atoms. The zero-order chi connectivity index (χ0) is 15.2. The Hall–Kier alpha value is -2.04. The molecule has 5 heteroatoms. The minimum absolute atomic E-state index is 0.208. The van der Waals surface area contributed by atoms with E-state index < -0.39 is 17.6 Å². The number of fused-ring (bicyclic) bond motifs is 4. The summed E-state index contributed by atoms with van der Waals surface area (Å²) in [5, 5.41) is 2.81. The van der Waals surface area contributed by atoms with Crippen LogP contribution < -0.4 is 10.1 Å². The molecule has 1 aromatic rings. The Kier molecular flexibility index (Phi) is 3.15. The fourth-order valence-corrected chi connectivity index (χ4v) is 3.17. The van der Waals surface area contributed by atoms with Crippen LogP contribution in [0, 0.1) is 5.92 Å². The second-order valence-corrected chi connectivity index (χ2v) is 6.13. The van der Waals surface area contributed by atoms with Gasteiger partial charge in [-0.1, -0.05) is 18.2 Å². The molecule has 3 atom stereocenters. The number of nitrogens with one attached hydrogen (secondary N) is 1. The number of benzene rings is 1. The molecule has 2 heterocycles. The van der Waals surface area contributed by atoms with E-state index in [9.17, 15) is 9.59 Å². The lowest BCUT2D eigenvalue weighted by atomic mass is 9.75. The molecule has 21 heavy (non-hydrogen) atoms. The first-order valence-corrected chi connectivity index (χ1v) is 7.20. The van der Waals surface area contributed by atoms with Crippen molar-refractivity contribution in [3.63, 3.8) is 0 Å². The summed E-state index contributed by atoms with van der Waals surface area (Å²) in [5.41, 5.74) is 0.139. The van der Waals surface area contributed by atoms with Crippen molar-refractivity contribution in [1.82, 2.24) is 5.32 Å². The molecule has 0 aliphatic carbocycles. The number of rotatable bonds is 2. The van der Waals surface area contributed by atoms with E-state index in [4.69, 9.17) is 9.47 Å². The highest BCUT2D eigenvalue weighted by molar-refractivity contribution is 6.00. The Morgan fingerprint density at radius 3 is 2.86 bits per heavy atom. The number of esters is 1. The summed E-state index contributed by atoms with van der Waals surface area (Å²) in [5.74, 6) is -1.09. The van der Waals surface area contributed by atoms with Crippen LogP contribution in [0.15, 0.2) is 24.3 Å². The van der Waals surface area contributed by atoms with Crippen LogP contribution in [0.5, 0.6) is 5.75 Å². The Morgan fingerprint density at radius 1 is 1.43 bits per heavy atom. The summed E-state index contributed by atoms with van der Waals surface area (Å²) in [6, 6.07) is 7.55. The van der Waals surface area contributed by atoms with E-state index in [1.807, 2.05) is 31.2 Å². The van der Waals surface area contributed by atoms with Gasteiger partial charge in [0.2, 0.25) is 5.91 Å². The SMILES string of the molecule is CC(C)OC(=O)[C@H]1C(=O)N[C@@]2(C)C[C@H]1c1ccccc1O2. The van der Waals surface area contributed by atoms with Crippen molar-refractivity contribution in [2.75, 3.05) is 0 Å². The molecule has 0 aromatic heterocycles. The molecule has 2 aliphatic rings. The molecular weight excluding hydrogens is 270 g/mol. The first kappa shape index (κ1) is 13.9. The summed E-state index contributed by atoms with van der Waals surface area (Å²) < 4.78 is 11.1. The van der Waals surface area contributed by atoms with E-state index in [-0.39, 0.29) is 17.9 Å². The van der Waals surface area contributed by atoms with Crippen molar-refractivity contribution < 1.29 is 19.1 Å². The van der Waals surface area contributed by atoms with E-state index in [0.717, 1.165) is 11.3 Å². The quantitative estimate of drug-likeness (QED) is 0.668. The molecule has 112 valence electrons. The lowest BCUT2D eigenvalue weighted by Crippen LogP contribution is -2.62. The van der Waals surface area contributed by atoms with Gasteiger partial charge < -0.3 is 14.8 Å². The van der Waals surface area contributed by atoms with E-state index in [0.29, 0.717) is 6.42 Å². The molecule has 3 rings (SSSR count). The second-order valence-electron chi connectivity index (χ2n) is 6.13. The van der Waals surface area contributed by atoms with Gasteiger partial charge >= 0.3 is 5.97 Å². The van der Waals surface area contributed by atoms with Crippen molar-refractivity contribution >= 4 is 11.9 Å². The standard InChI is InChI=1S/C16H19NO4/c1-9(2)20-15(19)13-11-8-16(3,17-14(13)18)21-12-7-5-4-6-10(11)12/h4-7,9,11,13H,8H2,1-3H3,(H,17,18)/t11-,13+,16+/m0/s1. The van der Waals surface area contributed by atoms with Crippen LogP contribution in [-0.4, -0.2) is 23.7 Å². The smallest absolute Gasteiger partial charge is 0.319 e. The number of ether oxygens (including phenoxy) is 2. The zero-order valence-corrected chi connectivity index (χ0v) is 12.4. The van der Waals surface area contributed by atoms with Crippen LogP contribution in [0.4, 0.5) is 0 Å². The largest absolute Gasteiger partial charge is 0.468 e. The topological polar surface area (TPSA) is 64.6 Å². The minimum atomic E-state index is -0.814. The molecule has 1 saturated heterocycles. The number of hydrogen-bond donors (Lipinski definition) is 1. The fraction of sp³-hybridized carbons (Fsp3) is 0.500. The monoisotopic (exact) mass is 289 g/mol. The molecule has 1 N–H and O–H groups in total. The summed E-state index contributed by atoms with van der Waals surface area (Å²) in [4.78, 5) is 24.7. The molecule has 1 aromatic carbocycles. The van der Waals surface area contributed by atoms with E-state index in [2.05, 4.69) is 5.32 Å². The second kappa shape index (κ2) is 4.76. The summed E-state index contributed by atoms with van der Waals surface area (Å²) >= 11 is 0. The molecule has 0 saturated carbocycles. The van der Waals surface area contributed by atoms with Crippen molar-refractivity contribution in [3.05, 3.63) is 29.8 Å². The van der Waals surface area contributed by atoms with Crippen LogP contribution in [0.25, 0.3) is 0 Å². The fourth-order valence-electron chi connectivity index (χ4n) is 3.17. The molecule has 0 unspecified atom stereocenters. The molecule has 1 fully saturated rings. The predicted molar refractivity (Wildman–Crippen MR) is 75.7 cm³/mol. The van der Waals surface area contributed by atoms with Crippen molar-refractivity contribution in [2.24, 2.45) is 5.92 Å². The highest BCUT2D eigenvalue weighted by Gasteiger charge is 2.52. The van der Waals surface area contributed by atoms with Gasteiger partial charge in [-0.15, -0.1) is 0 Å². The molecule has 2 aliphatic heterocycles. The molecule has 0 spiro atoms. The average molecular weight is 289 g/mol. The highest BCUT2D eigenvalue weighted by atomic mass is 16.5. The third-order valence-corrected chi connectivity index (χ3v) is 3.94. The number of carbonyl (C=O) groups is 2. The zero-order valence-electron chi connectivity index (χ0n) is 12.4. The van der Waals surface area contributed by atoms with Crippen LogP contribution in [0.1, 0.15) is 38.7 Å². The Morgan fingerprint density at radius 2 is 2.14 bits per heavy atom. The maximum atomic E-state index is 12.4. The van der Waals surface area contributed by atoms with Gasteiger partial charge in [-0.3, -0.25) is 9.59 Å². The van der Waals surface area contributed by atoms with Gasteiger partial charge in [-0.2, -0.15) is 0 Å². The van der Waals surface area contributed by atoms with Crippen molar-refractivity contribution in [2.45, 2.75) is 44.9 Å². The average Bonchev–Trinajstić information content (AvgIpc) is 2.36. The van der Waals surface area contributed by atoms with Gasteiger partial charge in [0.15, 0.2) is 5.72 Å². The van der Waals surface area contributed by atoms with Gasteiger partial charge in [0, 0.05) is 12.3 Å². The third kappa shape index (κ3) is 2.37. The molecule has 5 nitrogen and oxygen atoms in total. The van der Waals surface area contributed by atoms with Crippen LogP contribution >= 0.6 is 0 Å². The summed E-state index contributed by atoms with van der Waals surface area (Å²) in [6.07, 6.45) is 0.321. The minimum Gasteiger partial charge on any atom is -0.468 e. The van der Waals surface area contributed by atoms with Gasteiger partial charge in [0.1, 0.15) is 11.7 Å². The predicted octanol–water partition coefficient (Wildman–Crippen LogP) is 1.97. The van der Waals surface area contributed by atoms with Crippen molar-refractivity contribution in [1.29, 1.82) is 0 Å². The van der Waals surface area contributed by atoms with Crippen LogP contribution in [-0.2, 0) is 14.3 Å². The Labute approximate surface area is 123 Å². The normalized spacial score (nSPS) is 30.2. The number of para-hydroxylation sites is 1. The number of amides is 1. The lowest BCUT2D eigenvalue weighted by Gasteiger charge is -2.46. The first-order valence-electron chi connectivity index (χ1n) is 7.20. The van der Waals surface area contributed by atoms with Crippen LogP contribution in [0.2, 0.25) is 0 Å². The van der Waals surface area contributed by atoms with E-state index >= 15 is 0 Å². The van der Waals surface area contributed by atoms with Gasteiger partial charge in [-0.05, 0) is 32.4 Å². The third-order valence-electron chi connectivity index (χ3n) is 3.94. The van der Waals surface area contributed by atoms with Gasteiger partial charge in [-0.25, -0.2) is 0 Å². The maximum Gasteiger partial charge on any atom is 0.319 e. The van der Waals surface area contributed by atoms with Gasteiger partial charge in [0.05, 0.1) is 6.10 Å². The Bertz CT molecular complexity index is 598. The van der Waals surface area contributed by atoms with E-state index in [1.165, 1.54) is 0 Å². The number of piperidine rings is 1. The molecule has 0 radical (unpaired) electrons. The van der Waals surface area contributed by atoms with E-state index in [1.54, 1.807) is 13.8 Å². The number of hydrogen-bond acceptors (Lipinski definition) is 4. The molecular formula is C16H19NO4. The lowest BCUT2D eigenvalue weighted by molar-refractivity contribution is -0.163. The highest BCUT2D eigenvalue weighted by Crippen LogP contribution is 2.46. The van der Waals surface area contributed by atoms with Crippen molar-refractivity contribution in [3.8, 4) is 5.75 Å². The maximum absolute atomic E-state index is 12.4. The van der Waals surface area contributed by atoms with Crippen LogP contribution in [0.3, 0.4) is 0 Å². The Balaban J connectivity index is 2.01. The van der Waals surface area contributed by atoms with Gasteiger partial charge in [0.25, 0.3) is 0 Å². The molecule has 1 amide bonds. The number of carbonyl (C=O) groups excluding carboxylic acids is 2. The first-order chi connectivity index (χ1) is 9.89. The summed E-state index contributed by atoms with van der Waals surface area (Å²) in [7, 11) is 0. The summed E-state index contributed by atoms with van der Waals surface area (Å²) in [6.45, 7) is 5.39.